The molecule has 1 aliphatic rings. The van der Waals surface area contributed by atoms with Gasteiger partial charge in [0.25, 0.3) is 0 Å². The summed E-state index contributed by atoms with van der Waals surface area (Å²) in [6.45, 7) is 4.77. The Kier molecular flexibility index (Phi) is 6.39. The van der Waals surface area contributed by atoms with Crippen LogP contribution >= 0.6 is 11.8 Å². The van der Waals surface area contributed by atoms with Crippen LogP contribution in [0.4, 0.5) is 0 Å². The number of carbonyl (C=O) groups excluding carboxylic acids is 1. The van der Waals surface area contributed by atoms with Crippen molar-refractivity contribution < 1.29 is 9.53 Å². The molecule has 2 rings (SSSR count). The van der Waals surface area contributed by atoms with Crippen molar-refractivity contribution in [1.29, 1.82) is 0 Å². The minimum Gasteiger partial charge on any atom is -0.494 e. The SMILES string of the molecule is CCOc1ccc(SCC(=O)NC2CCN(C)CC2)cc1. The van der Waals surface area contributed by atoms with Gasteiger partial charge < -0.3 is 15.0 Å². The van der Waals surface area contributed by atoms with Gasteiger partial charge in [-0.1, -0.05) is 0 Å². The van der Waals surface area contributed by atoms with Gasteiger partial charge in [0.05, 0.1) is 12.4 Å². The van der Waals surface area contributed by atoms with Crippen molar-refractivity contribution in [3.8, 4) is 5.75 Å². The molecule has 0 unspecified atom stereocenters. The highest BCUT2D eigenvalue weighted by molar-refractivity contribution is 8.00. The van der Waals surface area contributed by atoms with Crippen LogP contribution in [0, 0.1) is 0 Å². The maximum absolute atomic E-state index is 12.0. The fourth-order valence-corrected chi connectivity index (χ4v) is 3.08. The second kappa shape index (κ2) is 8.29. The monoisotopic (exact) mass is 308 g/mol. The van der Waals surface area contributed by atoms with Crippen LogP contribution in [0.2, 0.25) is 0 Å². The molecule has 0 aromatic heterocycles. The highest BCUT2D eigenvalue weighted by Crippen LogP contribution is 2.21. The lowest BCUT2D eigenvalue weighted by atomic mass is 10.1. The Morgan fingerprint density at radius 3 is 2.62 bits per heavy atom. The van der Waals surface area contributed by atoms with Crippen LogP contribution in [-0.4, -0.2) is 49.3 Å². The average molecular weight is 308 g/mol. The number of ether oxygens (including phenoxy) is 1. The maximum Gasteiger partial charge on any atom is 0.230 e. The Hall–Kier alpha value is -1.20. The van der Waals surface area contributed by atoms with E-state index in [1.807, 2.05) is 31.2 Å². The largest absolute Gasteiger partial charge is 0.494 e. The van der Waals surface area contributed by atoms with E-state index in [0.717, 1.165) is 36.6 Å². The Balaban J connectivity index is 1.71. The van der Waals surface area contributed by atoms with E-state index < -0.39 is 0 Å². The zero-order valence-corrected chi connectivity index (χ0v) is 13.6. The smallest absolute Gasteiger partial charge is 0.230 e. The summed E-state index contributed by atoms with van der Waals surface area (Å²) in [5.74, 6) is 1.47. The van der Waals surface area contributed by atoms with E-state index in [1.54, 1.807) is 11.8 Å². The number of piperidine rings is 1. The molecule has 0 atom stereocenters. The third kappa shape index (κ3) is 5.59. The van der Waals surface area contributed by atoms with E-state index >= 15 is 0 Å². The van der Waals surface area contributed by atoms with Crippen molar-refractivity contribution in [2.75, 3.05) is 32.5 Å². The molecule has 5 heteroatoms. The molecular formula is C16H24N2O2S. The molecule has 0 aliphatic carbocycles. The third-order valence-corrected chi connectivity index (χ3v) is 4.60. The van der Waals surface area contributed by atoms with Gasteiger partial charge in [0.2, 0.25) is 5.91 Å². The number of amides is 1. The third-order valence-electron chi connectivity index (χ3n) is 3.59. The van der Waals surface area contributed by atoms with Crippen molar-refractivity contribution in [2.45, 2.75) is 30.7 Å². The summed E-state index contributed by atoms with van der Waals surface area (Å²) in [5, 5.41) is 3.13. The Labute approximate surface area is 131 Å². The minimum absolute atomic E-state index is 0.128. The summed E-state index contributed by atoms with van der Waals surface area (Å²) in [5.41, 5.74) is 0. The van der Waals surface area contributed by atoms with Crippen LogP contribution in [0.5, 0.6) is 5.75 Å². The number of hydrogen-bond donors (Lipinski definition) is 1. The second-order valence-corrected chi connectivity index (χ2v) is 6.39. The maximum atomic E-state index is 12.0. The number of benzene rings is 1. The van der Waals surface area contributed by atoms with E-state index in [0.29, 0.717) is 18.4 Å². The molecule has 1 saturated heterocycles. The quantitative estimate of drug-likeness (QED) is 0.819. The van der Waals surface area contributed by atoms with Gasteiger partial charge >= 0.3 is 0 Å². The summed E-state index contributed by atoms with van der Waals surface area (Å²) in [6, 6.07) is 8.23. The first-order chi connectivity index (χ1) is 10.2. The molecule has 0 spiro atoms. The Morgan fingerprint density at radius 2 is 2.00 bits per heavy atom. The first-order valence-corrected chi connectivity index (χ1v) is 8.49. The minimum atomic E-state index is 0.128. The van der Waals surface area contributed by atoms with Crippen LogP contribution in [0.25, 0.3) is 0 Å². The summed E-state index contributed by atoms with van der Waals surface area (Å²) < 4.78 is 5.40. The van der Waals surface area contributed by atoms with Crippen LogP contribution in [-0.2, 0) is 4.79 Å². The summed E-state index contributed by atoms with van der Waals surface area (Å²) >= 11 is 1.57. The molecule has 1 aromatic carbocycles. The van der Waals surface area contributed by atoms with E-state index in [2.05, 4.69) is 17.3 Å². The van der Waals surface area contributed by atoms with Crippen LogP contribution in [0.15, 0.2) is 29.2 Å². The molecule has 1 aliphatic heterocycles. The van der Waals surface area contributed by atoms with Crippen LogP contribution in [0.3, 0.4) is 0 Å². The molecule has 0 saturated carbocycles. The fourth-order valence-electron chi connectivity index (χ4n) is 2.37. The number of thioether (sulfide) groups is 1. The van der Waals surface area contributed by atoms with E-state index in [9.17, 15) is 4.79 Å². The van der Waals surface area contributed by atoms with Crippen molar-refractivity contribution in [3.63, 3.8) is 0 Å². The standard InChI is InChI=1S/C16H24N2O2S/c1-3-20-14-4-6-15(7-5-14)21-12-16(19)17-13-8-10-18(2)11-9-13/h4-7,13H,3,8-12H2,1-2H3,(H,17,19). The average Bonchev–Trinajstić information content (AvgIpc) is 2.49. The summed E-state index contributed by atoms with van der Waals surface area (Å²) in [7, 11) is 2.12. The van der Waals surface area contributed by atoms with Gasteiger partial charge in [-0.05, 0) is 64.2 Å². The highest BCUT2D eigenvalue weighted by atomic mass is 32.2. The van der Waals surface area contributed by atoms with Crippen LogP contribution < -0.4 is 10.1 Å². The lowest BCUT2D eigenvalue weighted by Crippen LogP contribution is -2.43. The van der Waals surface area contributed by atoms with E-state index in [1.165, 1.54) is 0 Å². The number of nitrogens with zero attached hydrogens (tertiary/aromatic N) is 1. The van der Waals surface area contributed by atoms with Crippen molar-refractivity contribution in [1.82, 2.24) is 10.2 Å². The van der Waals surface area contributed by atoms with Gasteiger partial charge in [-0.15, -0.1) is 11.8 Å². The van der Waals surface area contributed by atoms with Crippen molar-refractivity contribution in [3.05, 3.63) is 24.3 Å². The molecule has 1 heterocycles. The van der Waals surface area contributed by atoms with Gasteiger partial charge in [0.15, 0.2) is 0 Å². The summed E-state index contributed by atoms with van der Waals surface area (Å²) in [6.07, 6.45) is 2.10. The number of carbonyl (C=O) groups is 1. The second-order valence-electron chi connectivity index (χ2n) is 5.34. The molecule has 21 heavy (non-hydrogen) atoms. The molecule has 4 nitrogen and oxygen atoms in total. The first-order valence-electron chi connectivity index (χ1n) is 7.51. The Bertz CT molecular complexity index is 442. The van der Waals surface area contributed by atoms with Crippen molar-refractivity contribution in [2.24, 2.45) is 0 Å². The molecule has 1 fully saturated rings. The normalized spacial score (nSPS) is 16.7. The number of hydrogen-bond acceptors (Lipinski definition) is 4. The zero-order valence-electron chi connectivity index (χ0n) is 12.8. The molecule has 0 radical (unpaired) electrons. The van der Waals surface area contributed by atoms with Gasteiger partial charge in [-0.25, -0.2) is 0 Å². The first kappa shape index (κ1) is 16.2. The van der Waals surface area contributed by atoms with Gasteiger partial charge in [0.1, 0.15) is 5.75 Å². The lowest BCUT2D eigenvalue weighted by molar-refractivity contribution is -0.119. The van der Waals surface area contributed by atoms with E-state index in [4.69, 9.17) is 4.74 Å². The van der Waals surface area contributed by atoms with Gasteiger partial charge in [0, 0.05) is 10.9 Å². The fraction of sp³-hybridized carbons (Fsp3) is 0.562. The predicted molar refractivity (Wildman–Crippen MR) is 87.0 cm³/mol. The lowest BCUT2D eigenvalue weighted by Gasteiger charge is -2.29. The Morgan fingerprint density at radius 1 is 1.33 bits per heavy atom. The van der Waals surface area contributed by atoms with Gasteiger partial charge in [-0.2, -0.15) is 0 Å². The molecule has 0 bridgehead atoms. The molecule has 1 aromatic rings. The number of nitrogens with one attached hydrogen (secondary N) is 1. The van der Waals surface area contributed by atoms with Crippen LogP contribution in [0.1, 0.15) is 19.8 Å². The molecule has 116 valence electrons. The molecule has 1 amide bonds. The highest BCUT2D eigenvalue weighted by Gasteiger charge is 2.18. The predicted octanol–water partition coefficient (Wildman–Crippen LogP) is 2.39. The molecule has 1 N–H and O–H groups in total. The van der Waals surface area contributed by atoms with Crippen molar-refractivity contribution >= 4 is 17.7 Å². The number of rotatable bonds is 6. The van der Waals surface area contributed by atoms with E-state index in [-0.39, 0.29) is 5.91 Å². The van der Waals surface area contributed by atoms with Gasteiger partial charge in [-0.3, -0.25) is 4.79 Å². The molecular weight excluding hydrogens is 284 g/mol. The summed E-state index contributed by atoms with van der Waals surface area (Å²) in [4.78, 5) is 15.4. The topological polar surface area (TPSA) is 41.6 Å². The zero-order chi connectivity index (χ0) is 15.1. The number of likely N-dealkylation sites (tertiary alicyclic amines) is 1.